The second-order valence-electron chi connectivity index (χ2n) is 3.67. The summed E-state index contributed by atoms with van der Waals surface area (Å²) in [5.41, 5.74) is 1.94. The van der Waals surface area contributed by atoms with Crippen LogP contribution >= 0.6 is 11.6 Å². The summed E-state index contributed by atoms with van der Waals surface area (Å²) in [6, 6.07) is 5.82. The molecule has 1 fully saturated rings. The predicted octanol–water partition coefficient (Wildman–Crippen LogP) is 1.24. The molecule has 1 aliphatic rings. The second kappa shape index (κ2) is 4.84. The van der Waals surface area contributed by atoms with Gasteiger partial charge >= 0.3 is 0 Å². The summed E-state index contributed by atoms with van der Waals surface area (Å²) in [5.74, 6) is 0. The maximum absolute atomic E-state index is 9.13. The Labute approximate surface area is 94.7 Å². The van der Waals surface area contributed by atoms with Crippen molar-refractivity contribution < 1.29 is 5.11 Å². The molecule has 1 aliphatic heterocycles. The minimum Gasteiger partial charge on any atom is -0.392 e. The molecule has 0 saturated carbocycles. The molecular formula is C11H15ClN2O. The zero-order valence-electron chi connectivity index (χ0n) is 8.54. The predicted molar refractivity (Wildman–Crippen MR) is 62.5 cm³/mol. The van der Waals surface area contributed by atoms with Crippen molar-refractivity contribution in [3.8, 4) is 0 Å². The van der Waals surface area contributed by atoms with Gasteiger partial charge in [0.2, 0.25) is 0 Å². The number of nitrogens with zero attached hydrogens (tertiary/aromatic N) is 1. The van der Waals surface area contributed by atoms with Crippen LogP contribution in [0.1, 0.15) is 5.56 Å². The van der Waals surface area contributed by atoms with E-state index in [4.69, 9.17) is 16.7 Å². The van der Waals surface area contributed by atoms with E-state index in [1.807, 2.05) is 18.2 Å². The molecule has 1 aromatic rings. The number of nitrogens with one attached hydrogen (secondary N) is 1. The number of piperazine rings is 1. The Morgan fingerprint density at radius 2 is 2.07 bits per heavy atom. The number of halogens is 1. The molecule has 0 unspecified atom stereocenters. The minimum absolute atomic E-state index is 0.00123. The smallest absolute Gasteiger partial charge is 0.0697 e. The van der Waals surface area contributed by atoms with Crippen LogP contribution in [0.15, 0.2) is 18.2 Å². The van der Waals surface area contributed by atoms with E-state index in [-0.39, 0.29) is 6.61 Å². The first-order chi connectivity index (χ1) is 7.31. The summed E-state index contributed by atoms with van der Waals surface area (Å²) in [6.45, 7) is 4.03. The van der Waals surface area contributed by atoms with Crippen molar-refractivity contribution in [1.29, 1.82) is 0 Å². The zero-order valence-corrected chi connectivity index (χ0v) is 9.30. The largest absolute Gasteiger partial charge is 0.392 e. The normalized spacial score (nSPS) is 16.8. The third-order valence-electron chi connectivity index (χ3n) is 2.68. The average Bonchev–Trinajstić information content (AvgIpc) is 2.31. The zero-order chi connectivity index (χ0) is 10.7. The van der Waals surface area contributed by atoms with Crippen LogP contribution in [0.25, 0.3) is 0 Å². The summed E-state index contributed by atoms with van der Waals surface area (Å²) in [6.07, 6.45) is 0. The lowest BCUT2D eigenvalue weighted by atomic mass is 10.2. The van der Waals surface area contributed by atoms with Crippen molar-refractivity contribution in [1.82, 2.24) is 5.32 Å². The van der Waals surface area contributed by atoms with Gasteiger partial charge in [-0.2, -0.15) is 0 Å². The van der Waals surface area contributed by atoms with Crippen molar-refractivity contribution in [2.75, 3.05) is 31.1 Å². The summed E-state index contributed by atoms with van der Waals surface area (Å²) in [4.78, 5) is 2.30. The Morgan fingerprint density at radius 1 is 1.33 bits per heavy atom. The molecule has 82 valence electrons. The lowest BCUT2D eigenvalue weighted by molar-refractivity contribution is 0.282. The first-order valence-electron chi connectivity index (χ1n) is 5.16. The molecule has 0 bridgehead atoms. The van der Waals surface area contributed by atoms with Gasteiger partial charge < -0.3 is 15.3 Å². The Morgan fingerprint density at radius 3 is 2.73 bits per heavy atom. The molecule has 2 rings (SSSR count). The van der Waals surface area contributed by atoms with Gasteiger partial charge in [0.25, 0.3) is 0 Å². The molecular weight excluding hydrogens is 212 g/mol. The van der Waals surface area contributed by atoms with E-state index in [0.29, 0.717) is 5.02 Å². The fourth-order valence-corrected chi connectivity index (χ4v) is 1.98. The highest BCUT2D eigenvalue weighted by atomic mass is 35.5. The van der Waals surface area contributed by atoms with E-state index >= 15 is 0 Å². The molecule has 1 heterocycles. The summed E-state index contributed by atoms with van der Waals surface area (Å²) < 4.78 is 0. The molecule has 3 nitrogen and oxygen atoms in total. The fourth-order valence-electron chi connectivity index (χ4n) is 1.80. The first kappa shape index (κ1) is 10.7. The van der Waals surface area contributed by atoms with Crippen LogP contribution in [0, 0.1) is 0 Å². The summed E-state index contributed by atoms with van der Waals surface area (Å²) >= 11 is 5.94. The van der Waals surface area contributed by atoms with Gasteiger partial charge in [-0.3, -0.25) is 0 Å². The Kier molecular flexibility index (Phi) is 3.46. The number of benzene rings is 1. The molecule has 0 aliphatic carbocycles. The van der Waals surface area contributed by atoms with E-state index in [1.54, 1.807) is 0 Å². The van der Waals surface area contributed by atoms with Crippen LogP contribution < -0.4 is 10.2 Å². The Hall–Kier alpha value is -0.770. The van der Waals surface area contributed by atoms with Crippen molar-refractivity contribution in [2.45, 2.75) is 6.61 Å². The van der Waals surface area contributed by atoms with E-state index in [2.05, 4.69) is 10.2 Å². The van der Waals surface area contributed by atoms with Gasteiger partial charge in [-0.25, -0.2) is 0 Å². The number of hydrogen-bond donors (Lipinski definition) is 2. The Bertz CT molecular complexity index is 337. The number of aliphatic hydroxyl groups excluding tert-OH is 1. The SMILES string of the molecule is OCc1cc(N2CCNCC2)ccc1Cl. The first-order valence-corrected chi connectivity index (χ1v) is 5.54. The maximum atomic E-state index is 9.13. The van der Waals surface area contributed by atoms with Gasteiger partial charge in [0.15, 0.2) is 0 Å². The quantitative estimate of drug-likeness (QED) is 0.797. The lowest BCUT2D eigenvalue weighted by Crippen LogP contribution is -2.43. The van der Waals surface area contributed by atoms with E-state index in [1.165, 1.54) is 0 Å². The van der Waals surface area contributed by atoms with Gasteiger partial charge in [-0.15, -0.1) is 0 Å². The molecule has 1 aromatic carbocycles. The number of anilines is 1. The van der Waals surface area contributed by atoms with Gasteiger partial charge in [0.1, 0.15) is 0 Å². The molecule has 0 spiro atoms. The molecule has 1 saturated heterocycles. The highest BCUT2D eigenvalue weighted by Gasteiger charge is 2.11. The van der Waals surface area contributed by atoms with Crippen molar-refractivity contribution in [3.63, 3.8) is 0 Å². The third-order valence-corrected chi connectivity index (χ3v) is 3.05. The van der Waals surface area contributed by atoms with Crippen LogP contribution in [-0.4, -0.2) is 31.3 Å². The van der Waals surface area contributed by atoms with Gasteiger partial charge in [0.05, 0.1) is 6.61 Å². The van der Waals surface area contributed by atoms with Crippen LogP contribution in [0.2, 0.25) is 5.02 Å². The molecule has 0 radical (unpaired) electrons. The van der Waals surface area contributed by atoms with E-state index in [0.717, 1.165) is 37.4 Å². The van der Waals surface area contributed by atoms with Crippen LogP contribution in [0.5, 0.6) is 0 Å². The average molecular weight is 227 g/mol. The second-order valence-corrected chi connectivity index (χ2v) is 4.08. The summed E-state index contributed by atoms with van der Waals surface area (Å²) in [5, 5.41) is 13.1. The number of aliphatic hydroxyl groups is 1. The van der Waals surface area contributed by atoms with Crippen molar-refractivity contribution in [2.24, 2.45) is 0 Å². The molecule has 0 aromatic heterocycles. The van der Waals surface area contributed by atoms with Gasteiger partial charge in [0, 0.05) is 36.9 Å². The van der Waals surface area contributed by atoms with Crippen LogP contribution in [-0.2, 0) is 6.61 Å². The molecule has 4 heteroatoms. The lowest BCUT2D eigenvalue weighted by Gasteiger charge is -2.29. The van der Waals surface area contributed by atoms with Crippen molar-refractivity contribution in [3.05, 3.63) is 28.8 Å². The van der Waals surface area contributed by atoms with Crippen LogP contribution in [0.4, 0.5) is 5.69 Å². The van der Waals surface area contributed by atoms with Gasteiger partial charge in [-0.1, -0.05) is 11.6 Å². The maximum Gasteiger partial charge on any atom is 0.0697 e. The molecule has 15 heavy (non-hydrogen) atoms. The topological polar surface area (TPSA) is 35.5 Å². The minimum atomic E-state index is -0.00123. The number of rotatable bonds is 2. The number of hydrogen-bond acceptors (Lipinski definition) is 3. The monoisotopic (exact) mass is 226 g/mol. The standard InChI is InChI=1S/C11H15ClN2O/c12-11-2-1-10(7-9(11)8-15)14-5-3-13-4-6-14/h1-2,7,13,15H,3-6,8H2. The fraction of sp³-hybridized carbons (Fsp3) is 0.455. The summed E-state index contributed by atoms with van der Waals surface area (Å²) in [7, 11) is 0. The van der Waals surface area contributed by atoms with Crippen LogP contribution in [0.3, 0.4) is 0 Å². The Balaban J connectivity index is 2.20. The highest BCUT2D eigenvalue weighted by molar-refractivity contribution is 6.31. The highest BCUT2D eigenvalue weighted by Crippen LogP contribution is 2.23. The van der Waals surface area contributed by atoms with E-state index < -0.39 is 0 Å². The molecule has 2 N–H and O–H groups in total. The van der Waals surface area contributed by atoms with E-state index in [9.17, 15) is 0 Å². The van der Waals surface area contributed by atoms with Crippen molar-refractivity contribution >= 4 is 17.3 Å². The molecule has 0 atom stereocenters. The molecule has 0 amide bonds. The van der Waals surface area contributed by atoms with Gasteiger partial charge in [-0.05, 0) is 23.8 Å². The third kappa shape index (κ3) is 2.43.